The second-order valence-electron chi connectivity index (χ2n) is 5.93. The molecule has 1 aromatic carbocycles. The topological polar surface area (TPSA) is 94.1 Å². The van der Waals surface area contributed by atoms with Gasteiger partial charge in [0.15, 0.2) is 0 Å². The van der Waals surface area contributed by atoms with Crippen molar-refractivity contribution in [1.29, 1.82) is 0 Å². The smallest absolute Gasteiger partial charge is 0.248 e. The van der Waals surface area contributed by atoms with Gasteiger partial charge in [-0.25, -0.2) is 0 Å². The number of nitrogens with one attached hydrogen (secondary N) is 1. The summed E-state index contributed by atoms with van der Waals surface area (Å²) in [6.07, 6.45) is 8.33. The predicted octanol–water partition coefficient (Wildman–Crippen LogP) is 3.97. The number of benzene rings is 1. The number of para-hydroxylation sites is 1. The Hall–Kier alpha value is -4.00. The molecule has 0 saturated carbocycles. The Labute approximate surface area is 160 Å². The molecule has 0 bridgehead atoms. The first-order valence-electron chi connectivity index (χ1n) is 8.61. The van der Waals surface area contributed by atoms with E-state index in [1.807, 2.05) is 36.4 Å². The van der Waals surface area contributed by atoms with Crippen LogP contribution in [0.4, 0.5) is 5.69 Å². The highest BCUT2D eigenvalue weighted by Gasteiger charge is 2.12. The van der Waals surface area contributed by atoms with E-state index in [4.69, 9.17) is 8.94 Å². The number of nitrogens with zero attached hydrogens (tertiary/aromatic N) is 3. The van der Waals surface area contributed by atoms with Crippen molar-refractivity contribution >= 4 is 17.7 Å². The van der Waals surface area contributed by atoms with E-state index in [0.717, 1.165) is 11.1 Å². The zero-order valence-corrected chi connectivity index (χ0v) is 14.8. The molecule has 0 aliphatic rings. The van der Waals surface area contributed by atoms with Crippen molar-refractivity contribution in [1.82, 2.24) is 15.1 Å². The van der Waals surface area contributed by atoms with E-state index in [9.17, 15) is 4.79 Å². The van der Waals surface area contributed by atoms with E-state index < -0.39 is 0 Å². The molecule has 1 amide bonds. The summed E-state index contributed by atoms with van der Waals surface area (Å²) in [4.78, 5) is 20.7. The van der Waals surface area contributed by atoms with E-state index >= 15 is 0 Å². The normalized spacial score (nSPS) is 11.0. The molecule has 0 aliphatic carbocycles. The second-order valence-corrected chi connectivity index (χ2v) is 5.93. The monoisotopic (exact) mass is 372 g/mol. The third kappa shape index (κ3) is 4.21. The largest absolute Gasteiger partial charge is 0.465 e. The molecule has 0 atom stereocenters. The average molecular weight is 372 g/mol. The minimum Gasteiger partial charge on any atom is -0.465 e. The summed E-state index contributed by atoms with van der Waals surface area (Å²) >= 11 is 0. The Morgan fingerprint density at radius 2 is 2.04 bits per heavy atom. The van der Waals surface area contributed by atoms with Crippen molar-refractivity contribution < 1.29 is 13.7 Å². The average Bonchev–Trinajstić information content (AvgIpc) is 3.41. The first kappa shape index (κ1) is 17.4. The SMILES string of the molecule is O=C(/C=C/c1ccco1)Nc1ccccc1Cc1nc(-c2cccnc2)no1. The first-order chi connectivity index (χ1) is 13.8. The lowest BCUT2D eigenvalue weighted by Crippen LogP contribution is -2.10. The van der Waals surface area contributed by atoms with Crippen LogP contribution in [0.25, 0.3) is 17.5 Å². The van der Waals surface area contributed by atoms with E-state index in [1.54, 1.807) is 36.9 Å². The highest BCUT2D eigenvalue weighted by Crippen LogP contribution is 2.20. The van der Waals surface area contributed by atoms with Crippen LogP contribution in [0.3, 0.4) is 0 Å². The number of carbonyl (C=O) groups is 1. The number of hydrogen-bond donors (Lipinski definition) is 1. The number of hydrogen-bond acceptors (Lipinski definition) is 6. The Morgan fingerprint density at radius 3 is 2.86 bits per heavy atom. The molecule has 3 heterocycles. The number of amides is 1. The fraction of sp³-hybridized carbons (Fsp3) is 0.0476. The summed E-state index contributed by atoms with van der Waals surface area (Å²) in [5.41, 5.74) is 2.32. The van der Waals surface area contributed by atoms with Crippen LogP contribution >= 0.6 is 0 Å². The van der Waals surface area contributed by atoms with Gasteiger partial charge in [-0.3, -0.25) is 9.78 Å². The molecule has 0 spiro atoms. The van der Waals surface area contributed by atoms with Gasteiger partial charge in [0.2, 0.25) is 17.6 Å². The van der Waals surface area contributed by atoms with Gasteiger partial charge >= 0.3 is 0 Å². The highest BCUT2D eigenvalue weighted by molar-refractivity contribution is 6.02. The fourth-order valence-corrected chi connectivity index (χ4v) is 2.62. The van der Waals surface area contributed by atoms with Gasteiger partial charge in [-0.1, -0.05) is 23.4 Å². The van der Waals surface area contributed by atoms with Gasteiger partial charge in [-0.05, 0) is 42.0 Å². The van der Waals surface area contributed by atoms with Crippen LogP contribution in [0, 0.1) is 0 Å². The summed E-state index contributed by atoms with van der Waals surface area (Å²) in [5.74, 6) is 1.28. The standard InChI is InChI=1S/C21H16N4O3/c26-19(10-9-17-7-4-12-27-17)23-18-8-2-1-5-15(18)13-20-24-21(25-28-20)16-6-3-11-22-14-16/h1-12,14H,13H2,(H,23,26)/b10-9+. The molecule has 138 valence electrons. The molecule has 0 saturated heterocycles. The lowest BCUT2D eigenvalue weighted by molar-refractivity contribution is -0.111. The zero-order chi connectivity index (χ0) is 19.2. The minimum absolute atomic E-state index is 0.259. The summed E-state index contributed by atoms with van der Waals surface area (Å²) in [6, 6.07) is 14.7. The Kier molecular flexibility index (Phi) is 5.06. The predicted molar refractivity (Wildman–Crippen MR) is 103 cm³/mol. The molecule has 0 radical (unpaired) electrons. The molecule has 4 aromatic rings. The van der Waals surface area contributed by atoms with E-state index in [1.165, 1.54) is 6.08 Å². The van der Waals surface area contributed by atoms with Gasteiger partial charge in [-0.2, -0.15) is 4.98 Å². The van der Waals surface area contributed by atoms with Gasteiger partial charge < -0.3 is 14.3 Å². The van der Waals surface area contributed by atoms with Crippen LogP contribution < -0.4 is 5.32 Å². The third-order valence-corrected chi connectivity index (χ3v) is 3.95. The summed E-state index contributed by atoms with van der Waals surface area (Å²) in [7, 11) is 0. The van der Waals surface area contributed by atoms with Gasteiger partial charge in [-0.15, -0.1) is 0 Å². The summed E-state index contributed by atoms with van der Waals surface area (Å²) in [5, 5.41) is 6.86. The van der Waals surface area contributed by atoms with Gasteiger partial charge in [0.05, 0.1) is 12.7 Å². The Bertz CT molecular complexity index is 1090. The maximum absolute atomic E-state index is 12.2. The molecule has 28 heavy (non-hydrogen) atoms. The molecule has 0 fully saturated rings. The lowest BCUT2D eigenvalue weighted by Gasteiger charge is -2.07. The number of rotatable bonds is 6. The maximum atomic E-state index is 12.2. The second kappa shape index (κ2) is 8.13. The van der Waals surface area contributed by atoms with Crippen molar-refractivity contribution in [3.8, 4) is 11.4 Å². The molecule has 0 unspecified atom stereocenters. The van der Waals surface area contributed by atoms with Gasteiger partial charge in [0, 0.05) is 29.7 Å². The van der Waals surface area contributed by atoms with E-state index in [-0.39, 0.29) is 5.91 Å². The number of carbonyl (C=O) groups excluding carboxylic acids is 1. The number of anilines is 1. The van der Waals surface area contributed by atoms with Crippen LogP contribution in [0.15, 0.2) is 82.2 Å². The number of pyridine rings is 1. The van der Waals surface area contributed by atoms with Crippen molar-refractivity contribution in [2.75, 3.05) is 5.32 Å². The third-order valence-electron chi connectivity index (χ3n) is 3.95. The van der Waals surface area contributed by atoms with E-state index in [2.05, 4.69) is 20.4 Å². The van der Waals surface area contributed by atoms with Crippen molar-refractivity contribution in [2.45, 2.75) is 6.42 Å². The van der Waals surface area contributed by atoms with Crippen LogP contribution in [0.1, 0.15) is 17.2 Å². The van der Waals surface area contributed by atoms with Crippen molar-refractivity contribution in [3.63, 3.8) is 0 Å². The summed E-state index contributed by atoms with van der Waals surface area (Å²) < 4.78 is 10.5. The molecule has 3 aromatic heterocycles. The first-order valence-corrected chi connectivity index (χ1v) is 8.61. The van der Waals surface area contributed by atoms with Crippen LogP contribution in [0.5, 0.6) is 0 Å². The van der Waals surface area contributed by atoms with Gasteiger partial charge in [0.1, 0.15) is 5.76 Å². The zero-order valence-electron chi connectivity index (χ0n) is 14.8. The lowest BCUT2D eigenvalue weighted by atomic mass is 10.1. The molecule has 1 N–H and O–H groups in total. The fourth-order valence-electron chi connectivity index (χ4n) is 2.62. The molecule has 7 nitrogen and oxygen atoms in total. The number of aromatic nitrogens is 3. The molecule has 4 rings (SSSR count). The van der Waals surface area contributed by atoms with E-state index in [0.29, 0.717) is 29.6 Å². The van der Waals surface area contributed by atoms with Crippen LogP contribution in [-0.4, -0.2) is 21.0 Å². The van der Waals surface area contributed by atoms with Crippen molar-refractivity contribution in [3.05, 3.63) is 90.5 Å². The Balaban J connectivity index is 1.47. The minimum atomic E-state index is -0.259. The van der Waals surface area contributed by atoms with Crippen LogP contribution in [-0.2, 0) is 11.2 Å². The molecular formula is C21H16N4O3. The Morgan fingerprint density at radius 1 is 1.11 bits per heavy atom. The number of furan rings is 1. The van der Waals surface area contributed by atoms with Gasteiger partial charge in [0.25, 0.3) is 0 Å². The quantitative estimate of drug-likeness (QED) is 0.515. The molecule has 7 heteroatoms. The van der Waals surface area contributed by atoms with Crippen molar-refractivity contribution in [2.24, 2.45) is 0 Å². The molecular weight excluding hydrogens is 356 g/mol. The summed E-state index contributed by atoms with van der Waals surface area (Å²) in [6.45, 7) is 0. The maximum Gasteiger partial charge on any atom is 0.248 e. The van der Waals surface area contributed by atoms with Crippen LogP contribution in [0.2, 0.25) is 0 Å². The molecule has 0 aliphatic heterocycles. The highest BCUT2D eigenvalue weighted by atomic mass is 16.5.